The Labute approximate surface area is 126 Å². The Hall–Kier alpha value is -2.11. The average molecular weight is 300 g/mol. The van der Waals surface area contributed by atoms with Gasteiger partial charge in [-0.15, -0.1) is 11.3 Å². The lowest BCUT2D eigenvalue weighted by Gasteiger charge is -2.10. The minimum atomic E-state index is -0.689. The van der Waals surface area contributed by atoms with Gasteiger partial charge in [-0.1, -0.05) is 18.2 Å². The number of amides is 1. The Morgan fingerprint density at radius 1 is 1.38 bits per heavy atom. The van der Waals surface area contributed by atoms with Crippen LogP contribution in [0.3, 0.4) is 0 Å². The molecule has 0 radical (unpaired) electrons. The van der Waals surface area contributed by atoms with Gasteiger partial charge in [0.05, 0.1) is 5.56 Å². The van der Waals surface area contributed by atoms with Gasteiger partial charge in [0.25, 0.3) is 5.91 Å². The molecule has 0 unspecified atom stereocenters. The van der Waals surface area contributed by atoms with Crippen molar-refractivity contribution in [3.8, 4) is 0 Å². The van der Waals surface area contributed by atoms with E-state index >= 15 is 0 Å². The lowest BCUT2D eigenvalue weighted by atomic mass is 10.2. The Morgan fingerprint density at radius 2 is 2.19 bits per heavy atom. The standard InChI is InChI=1S/C16H16N2O2S/c1-10-12(6-7-17-10)16(20)18-9-13(19)15-8-11-4-2-3-5-14(11)21-15/h2-8,13,17,19H,9H2,1H3,(H,18,20)/t13-/m0/s1. The van der Waals surface area contributed by atoms with Gasteiger partial charge in [0, 0.05) is 28.0 Å². The van der Waals surface area contributed by atoms with E-state index in [1.54, 1.807) is 23.6 Å². The molecule has 1 atom stereocenters. The van der Waals surface area contributed by atoms with E-state index in [9.17, 15) is 9.90 Å². The molecule has 3 rings (SSSR count). The number of benzene rings is 1. The molecular weight excluding hydrogens is 284 g/mol. The first-order valence-corrected chi connectivity index (χ1v) is 7.55. The highest BCUT2D eigenvalue weighted by atomic mass is 32.1. The smallest absolute Gasteiger partial charge is 0.253 e. The maximum Gasteiger partial charge on any atom is 0.253 e. The topological polar surface area (TPSA) is 65.1 Å². The van der Waals surface area contributed by atoms with Gasteiger partial charge in [0.15, 0.2) is 0 Å². The second kappa shape index (κ2) is 5.71. The van der Waals surface area contributed by atoms with Crippen LogP contribution in [0.25, 0.3) is 10.1 Å². The Balaban J connectivity index is 1.67. The van der Waals surface area contributed by atoms with Crippen LogP contribution in [0.1, 0.15) is 27.0 Å². The number of nitrogens with one attached hydrogen (secondary N) is 2. The first-order chi connectivity index (χ1) is 10.1. The van der Waals surface area contributed by atoms with E-state index in [2.05, 4.69) is 10.3 Å². The molecule has 0 bridgehead atoms. The number of rotatable bonds is 4. The van der Waals surface area contributed by atoms with E-state index in [4.69, 9.17) is 0 Å². The van der Waals surface area contributed by atoms with Crippen LogP contribution in [0, 0.1) is 6.92 Å². The summed E-state index contributed by atoms with van der Waals surface area (Å²) in [5.41, 5.74) is 1.43. The molecule has 0 aliphatic carbocycles. The molecule has 0 aliphatic heterocycles. The molecule has 2 heterocycles. The SMILES string of the molecule is Cc1[nH]ccc1C(=O)NC[C@H](O)c1cc2ccccc2s1. The van der Waals surface area contributed by atoms with Crippen molar-refractivity contribution >= 4 is 27.3 Å². The fraction of sp³-hybridized carbons (Fsp3) is 0.188. The molecule has 108 valence electrons. The number of aliphatic hydroxyl groups is 1. The van der Waals surface area contributed by atoms with Gasteiger partial charge in [-0.05, 0) is 30.5 Å². The van der Waals surface area contributed by atoms with Crippen LogP contribution in [0.2, 0.25) is 0 Å². The number of hydrogen-bond acceptors (Lipinski definition) is 3. The number of aliphatic hydroxyl groups excluding tert-OH is 1. The zero-order valence-electron chi connectivity index (χ0n) is 11.6. The van der Waals surface area contributed by atoms with Crippen LogP contribution in [-0.2, 0) is 0 Å². The summed E-state index contributed by atoms with van der Waals surface area (Å²) in [6, 6.07) is 11.7. The summed E-state index contributed by atoms with van der Waals surface area (Å²) in [5, 5.41) is 14.1. The molecule has 0 fully saturated rings. The van der Waals surface area contributed by atoms with Crippen molar-refractivity contribution in [1.29, 1.82) is 0 Å². The van der Waals surface area contributed by atoms with Crippen LogP contribution < -0.4 is 5.32 Å². The molecule has 1 amide bonds. The number of H-pyrrole nitrogens is 1. The first kappa shape index (κ1) is 13.9. The first-order valence-electron chi connectivity index (χ1n) is 6.74. The highest BCUT2D eigenvalue weighted by Gasteiger charge is 2.14. The summed E-state index contributed by atoms with van der Waals surface area (Å²) in [4.78, 5) is 15.8. The highest BCUT2D eigenvalue weighted by Crippen LogP contribution is 2.29. The van der Waals surface area contributed by atoms with Crippen molar-refractivity contribution in [3.05, 3.63) is 58.7 Å². The molecule has 0 saturated carbocycles. The highest BCUT2D eigenvalue weighted by molar-refractivity contribution is 7.19. The van der Waals surface area contributed by atoms with Crippen LogP contribution in [0.15, 0.2) is 42.6 Å². The number of fused-ring (bicyclic) bond motifs is 1. The predicted molar refractivity (Wildman–Crippen MR) is 84.6 cm³/mol. The predicted octanol–water partition coefficient (Wildman–Crippen LogP) is 3.00. The molecule has 0 aliphatic rings. The van der Waals surface area contributed by atoms with Crippen molar-refractivity contribution < 1.29 is 9.90 Å². The fourth-order valence-corrected chi connectivity index (χ4v) is 3.30. The molecule has 4 nitrogen and oxygen atoms in total. The van der Waals surface area contributed by atoms with Gasteiger partial charge in [-0.2, -0.15) is 0 Å². The maximum absolute atomic E-state index is 12.0. The third-order valence-electron chi connectivity index (χ3n) is 3.43. The molecule has 2 aromatic heterocycles. The normalized spacial score (nSPS) is 12.5. The van der Waals surface area contributed by atoms with Gasteiger partial charge >= 0.3 is 0 Å². The minimum absolute atomic E-state index is 0.172. The molecule has 3 N–H and O–H groups in total. The van der Waals surface area contributed by atoms with Crippen molar-refractivity contribution in [2.45, 2.75) is 13.0 Å². The minimum Gasteiger partial charge on any atom is -0.386 e. The number of aromatic nitrogens is 1. The van der Waals surface area contributed by atoms with Crippen molar-refractivity contribution in [1.82, 2.24) is 10.3 Å². The third-order valence-corrected chi connectivity index (χ3v) is 4.64. The van der Waals surface area contributed by atoms with Gasteiger partial charge in [-0.25, -0.2) is 0 Å². The van der Waals surface area contributed by atoms with Gasteiger partial charge in [-0.3, -0.25) is 4.79 Å². The van der Waals surface area contributed by atoms with Crippen LogP contribution >= 0.6 is 11.3 Å². The van der Waals surface area contributed by atoms with E-state index in [0.717, 1.165) is 20.7 Å². The van der Waals surface area contributed by atoms with Crippen molar-refractivity contribution in [2.75, 3.05) is 6.54 Å². The summed E-state index contributed by atoms with van der Waals surface area (Å²) in [7, 11) is 0. The largest absolute Gasteiger partial charge is 0.386 e. The third kappa shape index (κ3) is 2.84. The second-order valence-corrected chi connectivity index (χ2v) is 6.04. The maximum atomic E-state index is 12.0. The Bertz CT molecular complexity index is 742. The number of aromatic amines is 1. The van der Waals surface area contributed by atoms with Gasteiger partial charge in [0.1, 0.15) is 6.10 Å². The Morgan fingerprint density at radius 3 is 2.90 bits per heavy atom. The monoisotopic (exact) mass is 300 g/mol. The lowest BCUT2D eigenvalue weighted by molar-refractivity contribution is 0.0917. The molecule has 21 heavy (non-hydrogen) atoms. The molecular formula is C16H16N2O2S. The number of aryl methyl sites for hydroxylation is 1. The van der Waals surface area contributed by atoms with Gasteiger partial charge < -0.3 is 15.4 Å². The summed E-state index contributed by atoms with van der Waals surface area (Å²) in [5.74, 6) is -0.172. The van der Waals surface area contributed by atoms with E-state index in [1.165, 1.54) is 0 Å². The molecule has 0 spiro atoms. The number of thiophene rings is 1. The quantitative estimate of drug-likeness (QED) is 0.693. The number of carbonyl (C=O) groups excluding carboxylic acids is 1. The summed E-state index contributed by atoms with van der Waals surface area (Å²) in [6.07, 6.45) is 1.04. The zero-order valence-corrected chi connectivity index (χ0v) is 12.4. The average Bonchev–Trinajstić information content (AvgIpc) is 3.10. The molecule has 0 saturated heterocycles. The lowest BCUT2D eigenvalue weighted by Crippen LogP contribution is -2.28. The van der Waals surface area contributed by atoms with E-state index in [-0.39, 0.29) is 12.5 Å². The Kier molecular flexibility index (Phi) is 3.77. The fourth-order valence-electron chi connectivity index (χ4n) is 2.25. The van der Waals surface area contributed by atoms with Crippen LogP contribution in [-0.4, -0.2) is 22.5 Å². The van der Waals surface area contributed by atoms with Crippen molar-refractivity contribution in [2.24, 2.45) is 0 Å². The molecule has 3 aromatic rings. The summed E-state index contributed by atoms with van der Waals surface area (Å²) < 4.78 is 1.14. The number of carbonyl (C=O) groups is 1. The molecule has 5 heteroatoms. The number of hydrogen-bond donors (Lipinski definition) is 3. The second-order valence-electron chi connectivity index (χ2n) is 4.93. The van der Waals surface area contributed by atoms with E-state index in [1.807, 2.05) is 37.3 Å². The zero-order chi connectivity index (χ0) is 14.8. The van der Waals surface area contributed by atoms with Gasteiger partial charge in [0.2, 0.25) is 0 Å². The van der Waals surface area contributed by atoms with Crippen molar-refractivity contribution in [3.63, 3.8) is 0 Å². The summed E-state index contributed by atoms with van der Waals surface area (Å²) >= 11 is 1.55. The van der Waals surface area contributed by atoms with E-state index < -0.39 is 6.10 Å². The van der Waals surface area contributed by atoms with Crippen LogP contribution in [0.4, 0.5) is 0 Å². The summed E-state index contributed by atoms with van der Waals surface area (Å²) in [6.45, 7) is 2.05. The molecule has 1 aromatic carbocycles. The van der Waals surface area contributed by atoms with Crippen LogP contribution in [0.5, 0.6) is 0 Å². The van der Waals surface area contributed by atoms with E-state index in [0.29, 0.717) is 5.56 Å².